The van der Waals surface area contributed by atoms with Gasteiger partial charge in [0.2, 0.25) is 5.91 Å². The summed E-state index contributed by atoms with van der Waals surface area (Å²) in [6.45, 7) is 1.12. The Morgan fingerprint density at radius 3 is 2.26 bits per heavy atom. The van der Waals surface area contributed by atoms with Crippen molar-refractivity contribution in [2.75, 3.05) is 0 Å². The fourth-order valence-electron chi connectivity index (χ4n) is 4.86. The maximum absolute atomic E-state index is 12.4. The first-order valence-electron chi connectivity index (χ1n) is 10.2. The Hall–Kier alpha value is -2.39. The van der Waals surface area contributed by atoms with Gasteiger partial charge in [0, 0.05) is 30.5 Å². The van der Waals surface area contributed by atoms with Crippen LogP contribution in [-0.4, -0.2) is 24.0 Å². The Balaban J connectivity index is 1.35. The molecule has 2 aromatic rings. The third-order valence-electron chi connectivity index (χ3n) is 6.12. The summed E-state index contributed by atoms with van der Waals surface area (Å²) in [6, 6.07) is 22.5. The lowest BCUT2D eigenvalue weighted by Crippen LogP contribution is -3.20. The summed E-state index contributed by atoms with van der Waals surface area (Å²) in [6.07, 6.45) is 9.67. The van der Waals surface area contributed by atoms with Crippen molar-refractivity contribution in [3.63, 3.8) is 0 Å². The molecule has 4 atom stereocenters. The van der Waals surface area contributed by atoms with Crippen LogP contribution in [0.4, 0.5) is 0 Å². The molecule has 2 aliphatic rings. The lowest BCUT2D eigenvalue weighted by atomic mass is 9.81. The van der Waals surface area contributed by atoms with Gasteiger partial charge in [-0.15, -0.1) is 0 Å². The zero-order valence-electron chi connectivity index (χ0n) is 15.8. The van der Waals surface area contributed by atoms with E-state index in [1.54, 1.807) is 11.0 Å². The minimum absolute atomic E-state index is 0.0356. The third kappa shape index (κ3) is 4.67. The van der Waals surface area contributed by atoms with Crippen LogP contribution in [0.25, 0.3) is 6.08 Å². The summed E-state index contributed by atoms with van der Waals surface area (Å²) in [5, 5.41) is 3.26. The molecule has 3 heteroatoms. The molecule has 2 N–H and O–H groups in total. The summed E-state index contributed by atoms with van der Waals surface area (Å²) in [5.74, 6) is 0.0356. The first-order chi connectivity index (χ1) is 13.3. The predicted molar refractivity (Wildman–Crippen MR) is 109 cm³/mol. The number of carbonyl (C=O) groups excluding carboxylic acids is 1. The molecular formula is C24H29N2O+. The zero-order chi connectivity index (χ0) is 18.5. The van der Waals surface area contributed by atoms with Gasteiger partial charge in [-0.1, -0.05) is 60.7 Å². The van der Waals surface area contributed by atoms with Crippen LogP contribution >= 0.6 is 0 Å². The molecule has 0 saturated carbocycles. The number of rotatable bonds is 5. The Kier molecular flexibility index (Phi) is 5.69. The van der Waals surface area contributed by atoms with E-state index in [-0.39, 0.29) is 5.91 Å². The van der Waals surface area contributed by atoms with Crippen LogP contribution in [0, 0.1) is 0 Å². The highest BCUT2D eigenvalue weighted by Gasteiger charge is 2.41. The molecule has 140 valence electrons. The number of quaternary nitrogens is 1. The number of hydrogen-bond donors (Lipinski definition) is 2. The second-order valence-corrected chi connectivity index (χ2v) is 7.98. The largest absolute Gasteiger partial charge is 0.349 e. The highest BCUT2D eigenvalue weighted by Crippen LogP contribution is 2.23. The first kappa shape index (κ1) is 18.0. The number of piperidine rings is 2. The Morgan fingerprint density at radius 2 is 1.59 bits per heavy atom. The van der Waals surface area contributed by atoms with Gasteiger partial charge in [-0.3, -0.25) is 4.79 Å². The van der Waals surface area contributed by atoms with Crippen molar-refractivity contribution in [3.8, 4) is 0 Å². The molecule has 2 aliphatic heterocycles. The van der Waals surface area contributed by atoms with E-state index < -0.39 is 0 Å². The average molecular weight is 362 g/mol. The second-order valence-electron chi connectivity index (χ2n) is 7.98. The molecule has 0 aliphatic carbocycles. The highest BCUT2D eigenvalue weighted by molar-refractivity contribution is 5.91. The number of amides is 1. The van der Waals surface area contributed by atoms with Crippen LogP contribution < -0.4 is 10.2 Å². The van der Waals surface area contributed by atoms with Gasteiger partial charge in [0.05, 0.1) is 12.1 Å². The second kappa shape index (κ2) is 8.53. The van der Waals surface area contributed by atoms with Gasteiger partial charge in [-0.2, -0.15) is 0 Å². The minimum Gasteiger partial charge on any atom is -0.349 e. The quantitative estimate of drug-likeness (QED) is 0.789. The molecule has 2 fully saturated rings. The predicted octanol–water partition coefficient (Wildman–Crippen LogP) is 2.98. The van der Waals surface area contributed by atoms with E-state index in [0.29, 0.717) is 18.1 Å². The van der Waals surface area contributed by atoms with Gasteiger partial charge < -0.3 is 10.2 Å². The maximum Gasteiger partial charge on any atom is 0.244 e. The molecule has 3 nitrogen and oxygen atoms in total. The van der Waals surface area contributed by atoms with Crippen molar-refractivity contribution < 1.29 is 9.69 Å². The Labute approximate surface area is 162 Å². The maximum atomic E-state index is 12.4. The van der Waals surface area contributed by atoms with Crippen LogP contribution in [0.1, 0.15) is 43.2 Å². The molecule has 2 heterocycles. The van der Waals surface area contributed by atoms with Gasteiger partial charge in [0.1, 0.15) is 6.54 Å². The first-order valence-corrected chi connectivity index (χ1v) is 10.2. The van der Waals surface area contributed by atoms with Crippen LogP contribution in [0.3, 0.4) is 0 Å². The highest BCUT2D eigenvalue weighted by atomic mass is 16.1. The lowest BCUT2D eigenvalue weighted by molar-refractivity contribution is -0.973. The van der Waals surface area contributed by atoms with Gasteiger partial charge >= 0.3 is 0 Å². The Bertz CT molecular complexity index is 757. The zero-order valence-corrected chi connectivity index (χ0v) is 15.8. The molecule has 27 heavy (non-hydrogen) atoms. The summed E-state index contributed by atoms with van der Waals surface area (Å²) in [4.78, 5) is 14.1. The smallest absolute Gasteiger partial charge is 0.244 e. The molecule has 2 bridgehead atoms. The summed E-state index contributed by atoms with van der Waals surface area (Å²) < 4.78 is 0. The van der Waals surface area contributed by atoms with Crippen molar-refractivity contribution in [2.24, 2.45) is 0 Å². The fraction of sp³-hybridized carbons (Fsp3) is 0.375. The molecule has 0 radical (unpaired) electrons. The van der Waals surface area contributed by atoms with Crippen molar-refractivity contribution in [2.45, 2.75) is 56.8 Å². The number of hydrogen-bond acceptors (Lipinski definition) is 1. The standard InChI is InChI=1S/C24H28N2O/c27-24(15-14-19-8-3-1-4-9-19)25-21-16-22-12-7-13-23(17-21)26(22)18-20-10-5-2-6-11-20/h1-6,8-11,14-15,21-23H,7,12-13,16-18H2,(H,25,27)/p+1/b15-14+/t21?,22-,23+. The molecule has 4 rings (SSSR count). The molecule has 2 unspecified atom stereocenters. The van der Waals surface area contributed by atoms with Crippen LogP contribution in [0.15, 0.2) is 66.7 Å². The minimum atomic E-state index is 0.0356. The molecule has 2 saturated heterocycles. The molecule has 1 amide bonds. The fourth-order valence-corrected chi connectivity index (χ4v) is 4.86. The van der Waals surface area contributed by atoms with Crippen molar-refractivity contribution in [3.05, 3.63) is 77.9 Å². The summed E-state index contributed by atoms with van der Waals surface area (Å²) in [5.41, 5.74) is 2.49. The molecule has 0 spiro atoms. The van der Waals surface area contributed by atoms with E-state index in [1.807, 2.05) is 36.4 Å². The van der Waals surface area contributed by atoms with Crippen molar-refractivity contribution in [1.29, 1.82) is 0 Å². The monoisotopic (exact) mass is 361 g/mol. The Morgan fingerprint density at radius 1 is 0.963 bits per heavy atom. The number of benzene rings is 2. The van der Waals surface area contributed by atoms with Crippen molar-refractivity contribution >= 4 is 12.0 Å². The van der Waals surface area contributed by atoms with Crippen LogP contribution in [0.2, 0.25) is 0 Å². The van der Waals surface area contributed by atoms with E-state index in [4.69, 9.17) is 0 Å². The molecular weight excluding hydrogens is 332 g/mol. The average Bonchev–Trinajstić information content (AvgIpc) is 2.69. The van der Waals surface area contributed by atoms with E-state index in [1.165, 1.54) is 24.8 Å². The van der Waals surface area contributed by atoms with Crippen molar-refractivity contribution in [1.82, 2.24) is 5.32 Å². The molecule has 2 aromatic carbocycles. The van der Waals surface area contributed by atoms with Gasteiger partial charge in [0.25, 0.3) is 0 Å². The summed E-state index contributed by atoms with van der Waals surface area (Å²) in [7, 11) is 0. The lowest BCUT2D eigenvalue weighted by Gasteiger charge is -2.46. The third-order valence-corrected chi connectivity index (χ3v) is 6.12. The SMILES string of the molecule is O=C(/C=C/c1ccccc1)NC1C[C@H]2CCC[C@@H](C1)[NH+]2Cc1ccccc1. The van der Waals surface area contributed by atoms with E-state index in [2.05, 4.69) is 35.6 Å². The normalized spacial score (nSPS) is 27.4. The van der Waals surface area contributed by atoms with Gasteiger partial charge in [-0.05, 0) is 30.9 Å². The number of carbonyl (C=O) groups is 1. The molecule has 0 aromatic heterocycles. The van der Waals surface area contributed by atoms with Crippen LogP contribution in [0.5, 0.6) is 0 Å². The van der Waals surface area contributed by atoms with E-state index in [0.717, 1.165) is 24.9 Å². The van der Waals surface area contributed by atoms with Gasteiger partial charge in [0.15, 0.2) is 0 Å². The van der Waals surface area contributed by atoms with E-state index in [9.17, 15) is 4.79 Å². The van der Waals surface area contributed by atoms with Gasteiger partial charge in [-0.25, -0.2) is 0 Å². The summed E-state index contributed by atoms with van der Waals surface area (Å²) >= 11 is 0. The van der Waals surface area contributed by atoms with E-state index >= 15 is 0 Å². The number of fused-ring (bicyclic) bond motifs is 2. The number of nitrogens with one attached hydrogen (secondary N) is 2. The van der Waals surface area contributed by atoms with Crippen LogP contribution in [-0.2, 0) is 11.3 Å². The topological polar surface area (TPSA) is 33.5 Å².